The monoisotopic (exact) mass is 791 g/mol. The summed E-state index contributed by atoms with van der Waals surface area (Å²) in [6.45, 7) is 46.1. The van der Waals surface area contributed by atoms with Gasteiger partial charge in [0.25, 0.3) is 0 Å². The Kier molecular flexibility index (Phi) is 10.6. The fourth-order valence-electron chi connectivity index (χ4n) is 8.54. The molecule has 0 aliphatic rings. The molecule has 3 N–H and O–H groups in total. The molecule has 0 saturated carbocycles. The summed E-state index contributed by atoms with van der Waals surface area (Å²) < 4.78 is 0. The van der Waals surface area contributed by atoms with Crippen molar-refractivity contribution >= 4 is 39.4 Å². The number of hydrogen-bond acceptors (Lipinski definition) is 3. The Labute approximate surface area is 346 Å². The zero-order chi connectivity index (χ0) is 43.6. The second-order valence-corrected chi connectivity index (χ2v) is 26.5. The minimum absolute atomic E-state index is 0.0414. The zero-order valence-corrected chi connectivity index (χ0v) is 40.4. The van der Waals surface area contributed by atoms with Gasteiger partial charge < -0.3 is 0 Å². The molecule has 0 heterocycles. The summed E-state index contributed by atoms with van der Waals surface area (Å²) in [6.07, 6.45) is 0. The Morgan fingerprint density at radius 2 is 0.754 bits per heavy atom. The van der Waals surface area contributed by atoms with E-state index in [9.17, 15) is 14.7 Å². The summed E-state index contributed by atoms with van der Waals surface area (Å²) in [7, 11) is -5.93. The number of aryl methyl sites for hydroxylation is 1. The fraction of sp³-hybridized carbons (Fsp3) is 0.509. The van der Waals surface area contributed by atoms with Crippen LogP contribution in [0, 0.1) is 20.8 Å². The Bertz CT molecular complexity index is 2410. The fourth-order valence-corrected chi connectivity index (χ4v) is 11.1. The van der Waals surface area contributed by atoms with Crippen LogP contribution in [0.2, 0.25) is 0 Å². The summed E-state index contributed by atoms with van der Waals surface area (Å²) in [5.74, 6) is 0. The molecule has 5 rings (SSSR count). The van der Waals surface area contributed by atoms with Gasteiger partial charge in [-0.1, -0.05) is 0 Å². The third kappa shape index (κ3) is 8.26. The quantitative estimate of drug-likeness (QED) is 0.160. The third-order valence-electron chi connectivity index (χ3n) is 12.4. The number of benzene rings is 5. The summed E-state index contributed by atoms with van der Waals surface area (Å²) >= 11 is 0. The Hall–Kier alpha value is -3.07. The molecule has 0 aliphatic heterocycles. The molecule has 0 bridgehead atoms. The van der Waals surface area contributed by atoms with Crippen LogP contribution in [-0.4, -0.2) is 14.7 Å². The van der Waals surface area contributed by atoms with Crippen molar-refractivity contribution < 1.29 is 14.7 Å². The van der Waals surface area contributed by atoms with Crippen LogP contribution >= 0.6 is 7.28 Å². The van der Waals surface area contributed by atoms with Crippen LogP contribution in [0.4, 0.5) is 0 Å². The van der Waals surface area contributed by atoms with Gasteiger partial charge in [-0.15, -0.1) is 0 Å². The molecule has 0 spiro atoms. The number of rotatable bonds is 3. The first-order valence-corrected chi connectivity index (χ1v) is 23.1. The maximum absolute atomic E-state index is 13.3. The van der Waals surface area contributed by atoms with E-state index in [-0.39, 0.29) is 37.7 Å². The SMILES string of the molecule is Cc1cc(P(O)(O)(O)c2cc3c(C(C)(C)C)cc(C(C)(C)C)cc3cc2C(C)(C)C)c(-c2cc3c(C(C)(C)C)cc(C(C)(C)C)cc3cc2C(C)(C)C)c(C)c1C. The molecule has 0 saturated heterocycles. The Morgan fingerprint density at radius 1 is 0.368 bits per heavy atom. The van der Waals surface area contributed by atoms with E-state index in [1.54, 1.807) is 0 Å². The van der Waals surface area contributed by atoms with Gasteiger partial charge in [-0.2, -0.15) is 0 Å². The molecular formula is C53H75O3P. The summed E-state index contributed by atoms with van der Waals surface area (Å²) in [5.41, 5.74) is 9.87. The first kappa shape index (κ1) is 45.0. The average molecular weight is 791 g/mol. The van der Waals surface area contributed by atoms with E-state index in [0.717, 1.165) is 55.1 Å². The average Bonchev–Trinajstić information content (AvgIpc) is 3.02. The minimum atomic E-state index is -5.93. The van der Waals surface area contributed by atoms with Gasteiger partial charge in [0.15, 0.2) is 0 Å². The topological polar surface area (TPSA) is 60.7 Å². The van der Waals surface area contributed by atoms with Gasteiger partial charge in [-0.25, -0.2) is 0 Å². The molecule has 4 heteroatoms. The van der Waals surface area contributed by atoms with Crippen molar-refractivity contribution in [3.8, 4) is 11.1 Å². The molecule has 310 valence electrons. The molecule has 0 unspecified atom stereocenters. The zero-order valence-electron chi connectivity index (χ0n) is 39.5. The van der Waals surface area contributed by atoms with E-state index in [4.69, 9.17) is 0 Å². The van der Waals surface area contributed by atoms with Crippen molar-refractivity contribution in [2.24, 2.45) is 0 Å². The standard InChI is InChI=1S/C53H75O3P/c1-31-22-46(57(54,55,56)45-30-39-35(26-44(45)53(19,20)21)24-37(49(7,8)9)28-43(39)52(16,17)18)47(33(3)32(31)2)40-29-38-34(25-41(40)50(10,11)12)23-36(48(4,5)6)27-42(38)51(13,14)15/h22-30,54-56H,1-21H3. The van der Waals surface area contributed by atoms with Crippen molar-refractivity contribution in [2.75, 3.05) is 0 Å². The van der Waals surface area contributed by atoms with E-state index in [2.05, 4.69) is 181 Å². The van der Waals surface area contributed by atoms with Gasteiger partial charge in [0.1, 0.15) is 0 Å². The normalized spacial score (nSPS) is 14.7. The van der Waals surface area contributed by atoms with Crippen molar-refractivity contribution in [1.29, 1.82) is 0 Å². The molecule has 57 heavy (non-hydrogen) atoms. The van der Waals surface area contributed by atoms with Crippen molar-refractivity contribution in [1.82, 2.24) is 0 Å². The number of fused-ring (bicyclic) bond motifs is 2. The van der Waals surface area contributed by atoms with Gasteiger partial charge in [-0.05, 0) is 0 Å². The molecule has 0 aliphatic carbocycles. The van der Waals surface area contributed by atoms with Gasteiger partial charge in [0, 0.05) is 0 Å². The van der Waals surface area contributed by atoms with E-state index < -0.39 is 12.7 Å². The Morgan fingerprint density at radius 3 is 1.14 bits per heavy atom. The van der Waals surface area contributed by atoms with Crippen LogP contribution in [-0.2, 0) is 32.5 Å². The second-order valence-electron chi connectivity index (χ2n) is 23.6. The molecule has 5 aromatic carbocycles. The molecule has 3 nitrogen and oxygen atoms in total. The molecular weight excluding hydrogens is 716 g/mol. The van der Waals surface area contributed by atoms with Gasteiger partial charge in [0.2, 0.25) is 0 Å². The van der Waals surface area contributed by atoms with Crippen LogP contribution in [0.1, 0.15) is 175 Å². The summed E-state index contributed by atoms with van der Waals surface area (Å²) in [5, 5.41) is 4.69. The third-order valence-corrected chi connectivity index (χ3v) is 14.9. The van der Waals surface area contributed by atoms with Crippen LogP contribution in [0.25, 0.3) is 32.7 Å². The van der Waals surface area contributed by atoms with Crippen LogP contribution in [0.3, 0.4) is 0 Å². The van der Waals surface area contributed by atoms with Crippen molar-refractivity contribution in [3.05, 3.63) is 105 Å². The molecule has 0 amide bonds. The van der Waals surface area contributed by atoms with E-state index in [1.165, 1.54) is 22.1 Å². The van der Waals surface area contributed by atoms with Gasteiger partial charge in [0.05, 0.1) is 0 Å². The van der Waals surface area contributed by atoms with Crippen LogP contribution in [0.5, 0.6) is 0 Å². The first-order chi connectivity index (χ1) is 25.3. The van der Waals surface area contributed by atoms with Crippen molar-refractivity contribution in [2.45, 2.75) is 178 Å². The predicted molar refractivity (Wildman–Crippen MR) is 253 cm³/mol. The van der Waals surface area contributed by atoms with Crippen LogP contribution in [0.15, 0.2) is 54.6 Å². The van der Waals surface area contributed by atoms with Gasteiger partial charge >= 0.3 is 348 Å². The second kappa shape index (κ2) is 13.5. The van der Waals surface area contributed by atoms with Crippen LogP contribution < -0.4 is 10.6 Å². The molecule has 5 aromatic rings. The summed E-state index contributed by atoms with van der Waals surface area (Å²) in [4.78, 5) is 40.0. The predicted octanol–water partition coefficient (Wildman–Crippen LogP) is 13.6. The molecule has 0 aromatic heterocycles. The van der Waals surface area contributed by atoms with E-state index in [0.29, 0.717) is 5.56 Å². The van der Waals surface area contributed by atoms with E-state index >= 15 is 0 Å². The molecule has 0 atom stereocenters. The molecule has 0 radical (unpaired) electrons. The Balaban J connectivity index is 2.04. The maximum atomic E-state index is 13.3. The first-order valence-electron chi connectivity index (χ1n) is 21.0. The molecule has 0 fully saturated rings. The van der Waals surface area contributed by atoms with E-state index in [1.807, 2.05) is 19.1 Å². The van der Waals surface area contributed by atoms with Gasteiger partial charge in [-0.3, -0.25) is 0 Å². The summed E-state index contributed by atoms with van der Waals surface area (Å²) in [6, 6.07) is 19.7. The number of hydrogen-bond donors (Lipinski definition) is 3. The van der Waals surface area contributed by atoms with Crippen molar-refractivity contribution in [3.63, 3.8) is 0 Å².